The van der Waals surface area contributed by atoms with Crippen LogP contribution in [0.2, 0.25) is 0 Å². The largest absolute Gasteiger partial charge is 0.360 e. The minimum atomic E-state index is -3.87. The van der Waals surface area contributed by atoms with Gasteiger partial charge in [-0.1, -0.05) is 56.3 Å². The van der Waals surface area contributed by atoms with Crippen LogP contribution >= 0.6 is 0 Å². The summed E-state index contributed by atoms with van der Waals surface area (Å²) in [6.07, 6.45) is 2.27. The highest BCUT2D eigenvalue weighted by Crippen LogP contribution is 2.36. The number of hydrogen-bond acceptors (Lipinski definition) is 6. The number of nitrogens with one attached hydrogen (secondary N) is 1. The molecule has 37 heavy (non-hydrogen) atoms. The van der Waals surface area contributed by atoms with Crippen molar-refractivity contribution in [3.63, 3.8) is 0 Å². The predicted molar refractivity (Wildman–Crippen MR) is 142 cm³/mol. The lowest BCUT2D eigenvalue weighted by Crippen LogP contribution is -2.39. The van der Waals surface area contributed by atoms with Crippen LogP contribution in [-0.4, -0.2) is 45.5 Å². The summed E-state index contributed by atoms with van der Waals surface area (Å²) in [5, 5.41) is 4.09. The number of imidazole rings is 1. The molecule has 3 aromatic heterocycles. The Morgan fingerprint density at radius 3 is 2.62 bits per heavy atom. The van der Waals surface area contributed by atoms with Crippen LogP contribution < -0.4 is 5.69 Å². The lowest BCUT2D eigenvalue weighted by Gasteiger charge is -2.32. The van der Waals surface area contributed by atoms with E-state index < -0.39 is 10.0 Å². The van der Waals surface area contributed by atoms with E-state index in [2.05, 4.69) is 30.9 Å². The number of pyridine rings is 1. The summed E-state index contributed by atoms with van der Waals surface area (Å²) in [6, 6.07) is 11.3. The first-order valence-corrected chi connectivity index (χ1v) is 14.0. The van der Waals surface area contributed by atoms with E-state index in [-0.39, 0.29) is 27.7 Å². The number of nitrogens with zero attached hydrogens (tertiary/aromatic N) is 4. The van der Waals surface area contributed by atoms with Crippen LogP contribution in [0.1, 0.15) is 56.5 Å². The molecule has 1 unspecified atom stereocenters. The van der Waals surface area contributed by atoms with E-state index in [1.165, 1.54) is 8.87 Å². The zero-order valence-corrected chi connectivity index (χ0v) is 22.7. The Morgan fingerprint density at radius 1 is 1.19 bits per heavy atom. The Morgan fingerprint density at radius 2 is 1.92 bits per heavy atom. The molecule has 0 bridgehead atoms. The molecule has 0 spiro atoms. The number of rotatable bonds is 5. The average molecular weight is 524 g/mol. The molecule has 1 aromatic carbocycles. The second kappa shape index (κ2) is 9.25. The van der Waals surface area contributed by atoms with E-state index in [9.17, 15) is 13.2 Å². The number of sulfonamides is 1. The Labute approximate surface area is 216 Å². The van der Waals surface area contributed by atoms with Gasteiger partial charge in [0.15, 0.2) is 16.3 Å². The Kier molecular flexibility index (Phi) is 6.35. The number of fused-ring (bicyclic) bond motifs is 1. The molecule has 1 aliphatic rings. The van der Waals surface area contributed by atoms with Gasteiger partial charge in [-0.15, -0.1) is 0 Å². The molecule has 196 valence electrons. The average Bonchev–Trinajstić information content (AvgIpc) is 3.39. The molecular weight excluding hydrogens is 490 g/mol. The van der Waals surface area contributed by atoms with Gasteiger partial charge in [0.05, 0.1) is 5.52 Å². The lowest BCUT2D eigenvalue weighted by molar-refractivity contribution is 0.312. The number of hydrogen-bond donors (Lipinski definition) is 1. The first-order valence-electron chi connectivity index (χ1n) is 12.6. The van der Waals surface area contributed by atoms with E-state index in [0.29, 0.717) is 36.4 Å². The molecule has 1 fully saturated rings. The van der Waals surface area contributed by atoms with Crippen molar-refractivity contribution in [3.05, 3.63) is 63.9 Å². The number of aryl methyl sites for hydroxylation is 2. The molecule has 1 aliphatic heterocycles. The van der Waals surface area contributed by atoms with Crippen LogP contribution in [0.15, 0.2) is 50.6 Å². The van der Waals surface area contributed by atoms with Crippen LogP contribution in [0.3, 0.4) is 0 Å². The normalized spacial score (nSPS) is 17.5. The number of benzene rings is 1. The van der Waals surface area contributed by atoms with Crippen molar-refractivity contribution in [3.8, 4) is 11.3 Å². The lowest BCUT2D eigenvalue weighted by atomic mass is 9.86. The molecule has 4 aromatic rings. The topological polar surface area (TPSA) is 114 Å². The first kappa shape index (κ1) is 25.4. The standard InChI is InChI=1S/C27H33N5O4S/c1-17-24(22(30-36-17)18-10-7-6-8-11-18)37(34,35)32-13-9-12-19(16-32)21-14-20(15-27(2,3)4)23-25(28-21)31(5)26(33)29-23/h6-8,10-11,14,19H,9,12-13,15-16H2,1-5H3,(H,29,33). The highest BCUT2D eigenvalue weighted by molar-refractivity contribution is 7.89. The molecule has 0 radical (unpaired) electrons. The van der Waals surface area contributed by atoms with Gasteiger partial charge in [0.1, 0.15) is 5.69 Å². The maximum Gasteiger partial charge on any atom is 0.327 e. The van der Waals surface area contributed by atoms with E-state index in [1.807, 2.05) is 36.4 Å². The smallest absolute Gasteiger partial charge is 0.327 e. The van der Waals surface area contributed by atoms with Crippen LogP contribution in [0.25, 0.3) is 22.4 Å². The fourth-order valence-corrected chi connectivity index (χ4v) is 6.97. The van der Waals surface area contributed by atoms with Gasteiger partial charge in [0, 0.05) is 37.3 Å². The zero-order valence-electron chi connectivity index (χ0n) is 21.9. The molecule has 0 amide bonds. The van der Waals surface area contributed by atoms with Gasteiger partial charge in [0.2, 0.25) is 10.0 Å². The zero-order chi connectivity index (χ0) is 26.5. The van der Waals surface area contributed by atoms with Gasteiger partial charge in [-0.05, 0) is 43.2 Å². The summed E-state index contributed by atoms with van der Waals surface area (Å²) in [6.45, 7) is 8.81. The van der Waals surface area contributed by atoms with Gasteiger partial charge in [0.25, 0.3) is 0 Å². The van der Waals surface area contributed by atoms with E-state index in [0.717, 1.165) is 29.6 Å². The third kappa shape index (κ3) is 4.75. The second-order valence-corrected chi connectivity index (χ2v) is 13.0. The quantitative estimate of drug-likeness (QED) is 0.415. The van der Waals surface area contributed by atoms with Crippen LogP contribution in [0, 0.1) is 12.3 Å². The molecule has 0 aliphatic carbocycles. The minimum Gasteiger partial charge on any atom is -0.360 e. The SMILES string of the molecule is Cc1onc(-c2ccccc2)c1S(=O)(=O)N1CCCC(c2cc(CC(C)(C)C)c3[nH]c(=O)n(C)c3n2)C1. The molecule has 1 atom stereocenters. The number of H-pyrrole nitrogens is 1. The van der Waals surface area contributed by atoms with E-state index in [1.54, 1.807) is 14.0 Å². The number of aromatic amines is 1. The summed E-state index contributed by atoms with van der Waals surface area (Å²) >= 11 is 0. The number of piperidine rings is 1. The van der Waals surface area contributed by atoms with Crippen LogP contribution in [0.5, 0.6) is 0 Å². The third-order valence-corrected chi connectivity index (χ3v) is 8.94. The van der Waals surface area contributed by atoms with Gasteiger partial charge in [-0.2, -0.15) is 4.31 Å². The monoisotopic (exact) mass is 523 g/mol. The van der Waals surface area contributed by atoms with E-state index in [4.69, 9.17) is 9.51 Å². The number of aromatic nitrogens is 4. The molecule has 9 nitrogen and oxygen atoms in total. The maximum atomic E-state index is 13.9. The molecule has 4 heterocycles. The molecule has 10 heteroatoms. The predicted octanol–water partition coefficient (Wildman–Crippen LogP) is 4.38. The fourth-order valence-electron chi connectivity index (χ4n) is 5.17. The maximum absolute atomic E-state index is 13.9. The van der Waals surface area contributed by atoms with Gasteiger partial charge in [-0.3, -0.25) is 4.57 Å². The highest BCUT2D eigenvalue weighted by atomic mass is 32.2. The molecule has 1 saturated heterocycles. The minimum absolute atomic E-state index is 0.000128. The fraction of sp³-hybridized carbons (Fsp3) is 0.444. The van der Waals surface area contributed by atoms with Crippen molar-refractivity contribution in [2.45, 2.75) is 57.8 Å². The summed E-state index contributed by atoms with van der Waals surface area (Å²) < 4.78 is 36.2. The summed E-state index contributed by atoms with van der Waals surface area (Å²) in [5.74, 6) is 0.173. The van der Waals surface area contributed by atoms with Gasteiger partial charge in [-0.25, -0.2) is 18.2 Å². The van der Waals surface area contributed by atoms with Crippen molar-refractivity contribution in [2.24, 2.45) is 12.5 Å². The molecule has 0 saturated carbocycles. The Balaban J connectivity index is 1.53. The summed E-state index contributed by atoms with van der Waals surface area (Å²) in [5.41, 5.74) is 3.99. The summed E-state index contributed by atoms with van der Waals surface area (Å²) in [4.78, 5) is 20.3. The first-order chi connectivity index (χ1) is 17.5. The molecule has 1 N–H and O–H groups in total. The summed E-state index contributed by atoms with van der Waals surface area (Å²) in [7, 11) is -2.16. The van der Waals surface area contributed by atoms with Crippen molar-refractivity contribution in [2.75, 3.05) is 13.1 Å². The van der Waals surface area contributed by atoms with Crippen LogP contribution in [-0.2, 0) is 23.5 Å². The molecule has 5 rings (SSSR count). The van der Waals surface area contributed by atoms with Crippen molar-refractivity contribution < 1.29 is 12.9 Å². The molecular formula is C27H33N5O4S. The van der Waals surface area contributed by atoms with Gasteiger partial charge < -0.3 is 9.51 Å². The van der Waals surface area contributed by atoms with Gasteiger partial charge >= 0.3 is 5.69 Å². The third-order valence-electron chi connectivity index (χ3n) is 6.93. The van der Waals surface area contributed by atoms with Crippen molar-refractivity contribution >= 4 is 21.2 Å². The van der Waals surface area contributed by atoms with Crippen molar-refractivity contribution in [1.82, 2.24) is 24.0 Å². The Hall–Kier alpha value is -3.24. The van der Waals surface area contributed by atoms with Crippen LogP contribution in [0.4, 0.5) is 0 Å². The highest BCUT2D eigenvalue weighted by Gasteiger charge is 2.37. The Bertz CT molecular complexity index is 1610. The van der Waals surface area contributed by atoms with Crippen molar-refractivity contribution in [1.29, 1.82) is 0 Å². The van der Waals surface area contributed by atoms with E-state index >= 15 is 0 Å². The second-order valence-electron chi connectivity index (χ2n) is 11.1.